The van der Waals surface area contributed by atoms with Gasteiger partial charge in [-0.1, -0.05) is 49.2 Å². The van der Waals surface area contributed by atoms with Gasteiger partial charge in [0.05, 0.1) is 11.4 Å². The van der Waals surface area contributed by atoms with Crippen molar-refractivity contribution in [1.82, 2.24) is 19.1 Å². The monoisotopic (exact) mass is 463 g/mol. The largest absolute Gasteiger partial charge is 0.324 e. The fraction of sp³-hybridized carbons (Fsp3) is 0.476. The minimum absolute atomic E-state index is 0.00229. The van der Waals surface area contributed by atoms with Crippen molar-refractivity contribution in [2.45, 2.75) is 61.7 Å². The highest BCUT2D eigenvalue weighted by molar-refractivity contribution is 7.99. The van der Waals surface area contributed by atoms with E-state index in [1.807, 2.05) is 11.5 Å². The molecule has 1 saturated carbocycles. The normalized spacial score (nSPS) is 15.2. The third kappa shape index (κ3) is 5.55. The first kappa shape index (κ1) is 23.5. The molecule has 0 saturated heterocycles. The Hall–Kier alpha value is -2.17. The maximum atomic E-state index is 13.3. The van der Waals surface area contributed by atoms with Crippen LogP contribution in [-0.2, 0) is 21.4 Å². The third-order valence-electron chi connectivity index (χ3n) is 5.45. The average Bonchev–Trinajstić information content (AvgIpc) is 3.12. The summed E-state index contributed by atoms with van der Waals surface area (Å²) in [6.45, 7) is 6.11. The number of carbonyl (C=O) groups excluding carboxylic acids is 1. The summed E-state index contributed by atoms with van der Waals surface area (Å²) < 4.78 is 29.9. The van der Waals surface area contributed by atoms with Crippen molar-refractivity contribution in [3.8, 4) is 0 Å². The van der Waals surface area contributed by atoms with Gasteiger partial charge in [0.2, 0.25) is 15.9 Å². The Morgan fingerprint density at radius 3 is 2.71 bits per heavy atom. The predicted octanol–water partition coefficient (Wildman–Crippen LogP) is 3.46. The number of aryl methyl sites for hydroxylation is 1. The van der Waals surface area contributed by atoms with Crippen molar-refractivity contribution in [3.05, 3.63) is 42.7 Å². The molecule has 0 unspecified atom stereocenters. The molecule has 168 valence electrons. The molecule has 31 heavy (non-hydrogen) atoms. The maximum Gasteiger partial charge on any atom is 0.245 e. The van der Waals surface area contributed by atoms with Crippen LogP contribution in [0.2, 0.25) is 0 Å². The van der Waals surface area contributed by atoms with Crippen LogP contribution >= 0.6 is 11.8 Å². The van der Waals surface area contributed by atoms with Crippen LogP contribution in [0.3, 0.4) is 0 Å². The Morgan fingerprint density at radius 1 is 1.29 bits per heavy atom. The van der Waals surface area contributed by atoms with E-state index < -0.39 is 10.0 Å². The van der Waals surface area contributed by atoms with E-state index in [9.17, 15) is 13.2 Å². The standard InChI is InChI=1S/C21H29N5O3S2/c1-4-14-26-16(2)23-24-21(26)30-15-20(27)22-18-12-8-9-13-19(18)31(28,29)25(3)17-10-6-5-7-11-17/h4,8-9,12-13,17H,1,5-7,10-11,14-15H2,2-3H3,(H,22,27). The summed E-state index contributed by atoms with van der Waals surface area (Å²) in [4.78, 5) is 12.7. The smallest absolute Gasteiger partial charge is 0.245 e. The van der Waals surface area contributed by atoms with E-state index in [0.717, 1.165) is 37.9 Å². The lowest BCUT2D eigenvalue weighted by Gasteiger charge is -2.30. The van der Waals surface area contributed by atoms with Crippen molar-refractivity contribution in [2.24, 2.45) is 0 Å². The van der Waals surface area contributed by atoms with Gasteiger partial charge in [-0.25, -0.2) is 8.42 Å². The lowest BCUT2D eigenvalue weighted by molar-refractivity contribution is -0.113. The quantitative estimate of drug-likeness (QED) is 0.452. The molecule has 1 heterocycles. The van der Waals surface area contributed by atoms with Gasteiger partial charge in [-0.05, 0) is 31.9 Å². The first-order valence-corrected chi connectivity index (χ1v) is 12.8. The maximum absolute atomic E-state index is 13.3. The lowest BCUT2D eigenvalue weighted by Crippen LogP contribution is -2.38. The van der Waals surface area contributed by atoms with Gasteiger partial charge >= 0.3 is 0 Å². The van der Waals surface area contributed by atoms with Gasteiger partial charge in [-0.2, -0.15) is 4.31 Å². The van der Waals surface area contributed by atoms with Crippen LogP contribution in [0.4, 0.5) is 5.69 Å². The second kappa shape index (κ2) is 10.4. The number of thioether (sulfide) groups is 1. The number of para-hydroxylation sites is 1. The van der Waals surface area contributed by atoms with Gasteiger partial charge in [0.1, 0.15) is 10.7 Å². The first-order chi connectivity index (χ1) is 14.8. The highest BCUT2D eigenvalue weighted by Gasteiger charge is 2.31. The molecule has 0 radical (unpaired) electrons. The molecule has 8 nitrogen and oxygen atoms in total. The molecule has 1 amide bonds. The summed E-state index contributed by atoms with van der Waals surface area (Å²) in [6.07, 6.45) is 6.70. The number of carbonyl (C=O) groups is 1. The lowest BCUT2D eigenvalue weighted by atomic mass is 9.96. The van der Waals surface area contributed by atoms with Crippen LogP contribution in [-0.4, -0.2) is 52.2 Å². The number of nitrogens with one attached hydrogen (secondary N) is 1. The summed E-state index contributed by atoms with van der Waals surface area (Å²) in [5.74, 6) is 0.519. The first-order valence-electron chi connectivity index (χ1n) is 10.3. The van der Waals surface area contributed by atoms with Crippen molar-refractivity contribution >= 4 is 33.4 Å². The topological polar surface area (TPSA) is 97.2 Å². The van der Waals surface area contributed by atoms with E-state index in [-0.39, 0.29) is 22.6 Å². The number of anilines is 1. The second-order valence-electron chi connectivity index (χ2n) is 7.58. The molecule has 1 aliphatic rings. The molecule has 10 heteroatoms. The Balaban J connectivity index is 1.71. The number of sulfonamides is 1. The molecule has 1 fully saturated rings. The van der Waals surface area contributed by atoms with Crippen LogP contribution in [0.25, 0.3) is 0 Å². The number of hydrogen-bond donors (Lipinski definition) is 1. The third-order valence-corrected chi connectivity index (χ3v) is 8.39. The van der Waals surface area contributed by atoms with Crippen molar-refractivity contribution < 1.29 is 13.2 Å². The summed E-state index contributed by atoms with van der Waals surface area (Å²) in [7, 11) is -2.08. The van der Waals surface area contributed by atoms with Crippen LogP contribution in [0.1, 0.15) is 37.9 Å². The van der Waals surface area contributed by atoms with Gasteiger partial charge in [0.25, 0.3) is 0 Å². The van der Waals surface area contributed by atoms with Gasteiger partial charge < -0.3 is 9.88 Å². The van der Waals surface area contributed by atoms with Crippen LogP contribution in [0.5, 0.6) is 0 Å². The van der Waals surface area contributed by atoms with E-state index in [2.05, 4.69) is 22.1 Å². The molecule has 0 aliphatic heterocycles. The fourth-order valence-corrected chi connectivity index (χ4v) is 6.07. The van der Waals surface area contributed by atoms with Crippen molar-refractivity contribution in [1.29, 1.82) is 0 Å². The molecule has 1 N–H and O–H groups in total. The highest BCUT2D eigenvalue weighted by atomic mass is 32.2. The molecular formula is C21H29N5O3S2. The number of aromatic nitrogens is 3. The van der Waals surface area contributed by atoms with E-state index in [1.54, 1.807) is 37.4 Å². The average molecular weight is 464 g/mol. The Bertz CT molecular complexity index is 1030. The Kier molecular flexibility index (Phi) is 7.90. The molecule has 2 aromatic rings. The molecule has 1 aromatic heterocycles. The zero-order valence-corrected chi connectivity index (χ0v) is 19.6. The molecule has 0 spiro atoms. The summed E-state index contributed by atoms with van der Waals surface area (Å²) >= 11 is 1.25. The SMILES string of the molecule is C=CCn1c(C)nnc1SCC(=O)Nc1ccccc1S(=O)(=O)N(C)C1CCCCC1. The van der Waals surface area contributed by atoms with E-state index in [1.165, 1.54) is 16.1 Å². The minimum atomic E-state index is -3.72. The molecule has 0 bridgehead atoms. The van der Waals surface area contributed by atoms with E-state index >= 15 is 0 Å². The van der Waals surface area contributed by atoms with Gasteiger partial charge in [0, 0.05) is 19.6 Å². The number of rotatable bonds is 9. The zero-order valence-electron chi connectivity index (χ0n) is 18.0. The second-order valence-corrected chi connectivity index (χ2v) is 10.5. The predicted molar refractivity (Wildman–Crippen MR) is 123 cm³/mol. The van der Waals surface area contributed by atoms with E-state index in [0.29, 0.717) is 17.4 Å². The summed E-state index contributed by atoms with van der Waals surface area (Å²) in [5.41, 5.74) is 0.291. The van der Waals surface area contributed by atoms with Gasteiger partial charge in [-0.15, -0.1) is 16.8 Å². The summed E-state index contributed by atoms with van der Waals surface area (Å²) in [6, 6.07) is 6.55. The molecular weight excluding hydrogens is 434 g/mol. The fourth-order valence-electron chi connectivity index (χ4n) is 3.71. The minimum Gasteiger partial charge on any atom is -0.324 e. The number of benzene rings is 1. The molecule has 1 aromatic carbocycles. The molecule has 0 atom stereocenters. The van der Waals surface area contributed by atoms with Gasteiger partial charge in [-0.3, -0.25) is 4.79 Å². The Morgan fingerprint density at radius 2 is 2.00 bits per heavy atom. The number of allylic oxidation sites excluding steroid dienone is 1. The van der Waals surface area contributed by atoms with Crippen molar-refractivity contribution in [2.75, 3.05) is 18.1 Å². The van der Waals surface area contributed by atoms with E-state index in [4.69, 9.17) is 0 Å². The van der Waals surface area contributed by atoms with Crippen LogP contribution in [0.15, 0.2) is 47.0 Å². The molecule has 1 aliphatic carbocycles. The number of hydrogen-bond acceptors (Lipinski definition) is 6. The van der Waals surface area contributed by atoms with Crippen LogP contribution < -0.4 is 5.32 Å². The van der Waals surface area contributed by atoms with Gasteiger partial charge in [0.15, 0.2) is 5.16 Å². The van der Waals surface area contributed by atoms with Crippen LogP contribution in [0, 0.1) is 6.92 Å². The zero-order chi connectivity index (χ0) is 22.4. The summed E-state index contributed by atoms with van der Waals surface area (Å²) in [5, 5.41) is 11.5. The number of nitrogens with zero attached hydrogens (tertiary/aromatic N) is 4. The Labute approximate surface area is 188 Å². The highest BCUT2D eigenvalue weighted by Crippen LogP contribution is 2.30. The molecule has 3 rings (SSSR count). The number of amides is 1. The van der Waals surface area contributed by atoms with Crippen molar-refractivity contribution in [3.63, 3.8) is 0 Å².